The van der Waals surface area contributed by atoms with Crippen LogP contribution >= 0.6 is 21.6 Å². The number of unbranched alkanes of at least 4 members (excludes halogenated alkanes) is 1. The Hall–Kier alpha value is -0.510. The van der Waals surface area contributed by atoms with Crippen molar-refractivity contribution in [2.24, 2.45) is 11.8 Å². The summed E-state index contributed by atoms with van der Waals surface area (Å²) in [4.78, 5) is 11.4. The van der Waals surface area contributed by atoms with Crippen molar-refractivity contribution in [3.05, 3.63) is 0 Å². The lowest BCUT2D eigenvalue weighted by molar-refractivity contribution is 0.134. The molecule has 0 aromatic carbocycles. The topological polar surface area (TPSA) is 47.6 Å². The highest BCUT2D eigenvalue weighted by Crippen LogP contribution is 2.23. The van der Waals surface area contributed by atoms with Crippen molar-refractivity contribution in [3.63, 3.8) is 0 Å². The number of alkyl carbamates (subject to hydrolysis) is 1. The summed E-state index contributed by atoms with van der Waals surface area (Å²) in [6.45, 7) is 10.0. The number of carbonyl (C=O) groups excluding carboxylic acids is 1. The molecule has 0 aliphatic rings. The van der Waals surface area contributed by atoms with Gasteiger partial charge in [0.05, 0.1) is 13.2 Å². The molecule has 0 heterocycles. The molecule has 0 aliphatic heterocycles. The van der Waals surface area contributed by atoms with Crippen LogP contribution < -0.4 is 5.32 Å². The third-order valence-corrected chi connectivity index (χ3v) is 5.03. The standard InChI is InChI=1S/C18H33NO3S2/c1-16(2)9-7-11-19-18(20)22-13-6-5-12-21-15-24-23-14-8-10-17(3)4/h16-17H,5-6,8,10-15H2,1-4H3,(H,19,20). The zero-order chi connectivity index (χ0) is 18.0. The molecule has 0 fully saturated rings. The van der Waals surface area contributed by atoms with Gasteiger partial charge in [-0.25, -0.2) is 4.79 Å². The van der Waals surface area contributed by atoms with E-state index < -0.39 is 6.09 Å². The molecule has 0 radical (unpaired) electrons. The van der Waals surface area contributed by atoms with E-state index in [-0.39, 0.29) is 0 Å². The number of ether oxygens (including phenoxy) is 2. The third-order valence-electron chi connectivity index (χ3n) is 2.85. The van der Waals surface area contributed by atoms with Crippen LogP contribution in [0.2, 0.25) is 0 Å². The number of hydrogen-bond acceptors (Lipinski definition) is 5. The van der Waals surface area contributed by atoms with E-state index in [0.717, 1.165) is 24.7 Å². The lowest BCUT2D eigenvalue weighted by Gasteiger charge is -2.06. The fraction of sp³-hybridized carbons (Fsp3) is 0.833. The van der Waals surface area contributed by atoms with Crippen molar-refractivity contribution in [3.8, 4) is 11.8 Å². The molecule has 0 atom stereocenters. The van der Waals surface area contributed by atoms with Gasteiger partial charge in [0.25, 0.3) is 0 Å². The lowest BCUT2D eigenvalue weighted by Crippen LogP contribution is -2.25. The van der Waals surface area contributed by atoms with E-state index in [4.69, 9.17) is 9.47 Å². The van der Waals surface area contributed by atoms with Crippen LogP contribution in [0.15, 0.2) is 0 Å². The van der Waals surface area contributed by atoms with Crippen molar-refractivity contribution in [1.29, 1.82) is 0 Å². The van der Waals surface area contributed by atoms with Gasteiger partial charge in [-0.1, -0.05) is 67.5 Å². The molecule has 4 nitrogen and oxygen atoms in total. The molecule has 24 heavy (non-hydrogen) atoms. The molecule has 0 rings (SSSR count). The maximum absolute atomic E-state index is 11.4. The van der Waals surface area contributed by atoms with E-state index in [0.29, 0.717) is 25.7 Å². The van der Waals surface area contributed by atoms with E-state index in [9.17, 15) is 4.79 Å². The second kappa shape index (κ2) is 17.3. The Morgan fingerprint density at radius 2 is 1.83 bits per heavy atom. The average molecular weight is 376 g/mol. The molecule has 0 saturated carbocycles. The molecule has 1 amide bonds. The van der Waals surface area contributed by atoms with Gasteiger partial charge in [0, 0.05) is 18.3 Å². The molecule has 0 bridgehead atoms. The third kappa shape index (κ3) is 19.5. The predicted octanol–water partition coefficient (Wildman–Crippen LogP) is 4.94. The highest BCUT2D eigenvalue weighted by Gasteiger charge is 1.99. The van der Waals surface area contributed by atoms with Crippen molar-refractivity contribution in [2.75, 3.05) is 31.5 Å². The van der Waals surface area contributed by atoms with Gasteiger partial charge in [0.2, 0.25) is 0 Å². The summed E-state index contributed by atoms with van der Waals surface area (Å²) < 4.78 is 10.6. The summed E-state index contributed by atoms with van der Waals surface area (Å²) in [5.41, 5.74) is 0. The van der Waals surface area contributed by atoms with E-state index in [1.165, 1.54) is 18.6 Å². The first-order valence-corrected chi connectivity index (χ1v) is 11.2. The molecular weight excluding hydrogens is 342 g/mol. The molecule has 0 aliphatic carbocycles. The number of hydrogen-bond donors (Lipinski definition) is 1. The average Bonchev–Trinajstić information content (AvgIpc) is 2.52. The van der Waals surface area contributed by atoms with Crippen LogP contribution in [0.5, 0.6) is 0 Å². The Bertz CT molecular complexity index is 365. The summed E-state index contributed by atoms with van der Waals surface area (Å²) in [6, 6.07) is 0. The summed E-state index contributed by atoms with van der Waals surface area (Å²) in [6.07, 6.45) is 3.89. The number of nitrogens with one attached hydrogen (secondary N) is 1. The lowest BCUT2D eigenvalue weighted by atomic mass is 10.1. The van der Waals surface area contributed by atoms with Crippen LogP contribution in [-0.4, -0.2) is 37.5 Å². The van der Waals surface area contributed by atoms with Crippen LogP contribution in [0.3, 0.4) is 0 Å². The summed E-state index contributed by atoms with van der Waals surface area (Å²) in [5.74, 6) is 8.88. The molecular formula is C18H33NO3S2. The van der Waals surface area contributed by atoms with E-state index in [1.807, 2.05) is 24.6 Å². The van der Waals surface area contributed by atoms with Crippen LogP contribution in [0.25, 0.3) is 0 Å². The minimum absolute atomic E-state index is 0.319. The predicted molar refractivity (Wildman–Crippen MR) is 106 cm³/mol. The highest BCUT2D eigenvalue weighted by atomic mass is 33.1. The van der Waals surface area contributed by atoms with Crippen LogP contribution in [0.1, 0.15) is 53.4 Å². The minimum atomic E-state index is -0.401. The van der Waals surface area contributed by atoms with E-state index in [2.05, 4.69) is 31.0 Å². The van der Waals surface area contributed by atoms with Gasteiger partial charge in [0.1, 0.15) is 5.94 Å². The Morgan fingerprint density at radius 3 is 2.54 bits per heavy atom. The fourth-order valence-electron chi connectivity index (χ4n) is 1.63. The Balaban J connectivity index is 3.22. The Kier molecular flexibility index (Phi) is 16.9. The van der Waals surface area contributed by atoms with Crippen molar-refractivity contribution in [1.82, 2.24) is 5.32 Å². The smallest absolute Gasteiger partial charge is 0.407 e. The number of carbonyl (C=O) groups is 1. The molecule has 0 aromatic rings. The molecule has 0 unspecified atom stereocenters. The highest BCUT2D eigenvalue weighted by molar-refractivity contribution is 8.76. The monoisotopic (exact) mass is 375 g/mol. The van der Waals surface area contributed by atoms with Crippen LogP contribution in [0.4, 0.5) is 4.79 Å². The second-order valence-corrected chi connectivity index (χ2v) is 8.70. The molecule has 6 heteroatoms. The Morgan fingerprint density at radius 1 is 1.08 bits per heavy atom. The molecule has 0 saturated heterocycles. The van der Waals surface area contributed by atoms with Crippen LogP contribution in [-0.2, 0) is 9.47 Å². The number of rotatable bonds is 13. The summed E-state index contributed by atoms with van der Waals surface area (Å²) >= 11 is 0. The zero-order valence-electron chi connectivity index (χ0n) is 15.6. The van der Waals surface area contributed by atoms with Crippen molar-refractivity contribution < 1.29 is 14.3 Å². The maximum atomic E-state index is 11.4. The number of amides is 1. The van der Waals surface area contributed by atoms with Gasteiger partial charge in [-0.15, -0.1) is 0 Å². The Labute approximate surface area is 156 Å². The van der Waals surface area contributed by atoms with Gasteiger partial charge in [-0.05, 0) is 25.2 Å². The minimum Gasteiger partial charge on any atom is -0.450 e. The molecule has 1 N–H and O–H groups in total. The molecule has 0 spiro atoms. The van der Waals surface area contributed by atoms with Gasteiger partial charge < -0.3 is 14.8 Å². The van der Waals surface area contributed by atoms with Crippen molar-refractivity contribution >= 4 is 27.7 Å². The normalized spacial score (nSPS) is 10.6. The fourth-order valence-corrected chi connectivity index (χ4v) is 3.40. The quantitative estimate of drug-likeness (QED) is 0.214. The van der Waals surface area contributed by atoms with E-state index >= 15 is 0 Å². The van der Waals surface area contributed by atoms with Gasteiger partial charge in [-0.3, -0.25) is 0 Å². The first-order valence-electron chi connectivity index (χ1n) is 8.73. The maximum Gasteiger partial charge on any atom is 0.407 e. The first-order chi connectivity index (χ1) is 11.5. The van der Waals surface area contributed by atoms with Gasteiger partial charge in [0.15, 0.2) is 0 Å². The van der Waals surface area contributed by atoms with Crippen molar-refractivity contribution in [2.45, 2.75) is 53.4 Å². The van der Waals surface area contributed by atoms with E-state index in [1.54, 1.807) is 10.8 Å². The van der Waals surface area contributed by atoms with Gasteiger partial charge >= 0.3 is 6.09 Å². The van der Waals surface area contributed by atoms with Crippen LogP contribution in [0, 0.1) is 23.7 Å². The molecule has 140 valence electrons. The second-order valence-electron chi connectivity index (χ2n) is 6.17. The zero-order valence-corrected chi connectivity index (χ0v) is 17.2. The summed E-state index contributed by atoms with van der Waals surface area (Å²) in [7, 11) is 3.65. The molecule has 0 aromatic heterocycles. The summed E-state index contributed by atoms with van der Waals surface area (Å²) in [5, 5.41) is 2.61. The largest absolute Gasteiger partial charge is 0.450 e. The van der Waals surface area contributed by atoms with Gasteiger partial charge in [-0.2, -0.15) is 0 Å². The SMILES string of the molecule is CC(C)C#CCNC(=O)OCCCCOCSSCCCC(C)C. The first kappa shape index (κ1) is 23.5.